The van der Waals surface area contributed by atoms with Crippen LogP contribution in [0.5, 0.6) is 5.75 Å². The molecule has 1 aromatic rings. The molecule has 24 heavy (non-hydrogen) atoms. The molecule has 0 saturated carbocycles. The molecule has 2 rings (SSSR count). The predicted octanol–water partition coefficient (Wildman–Crippen LogP) is 3.68. The van der Waals surface area contributed by atoms with E-state index >= 15 is 0 Å². The first-order chi connectivity index (χ1) is 11.5. The van der Waals surface area contributed by atoms with Crippen LogP contribution in [0.15, 0.2) is 24.3 Å². The van der Waals surface area contributed by atoms with E-state index in [1.807, 2.05) is 18.2 Å². The van der Waals surface area contributed by atoms with E-state index in [9.17, 15) is 4.79 Å². The summed E-state index contributed by atoms with van der Waals surface area (Å²) in [6, 6.07) is 8.62. The van der Waals surface area contributed by atoms with Crippen LogP contribution in [0.3, 0.4) is 0 Å². The first-order valence-electron chi connectivity index (χ1n) is 9.03. The molecule has 1 atom stereocenters. The molecule has 1 amide bonds. The van der Waals surface area contributed by atoms with Crippen LogP contribution >= 0.6 is 0 Å². The Morgan fingerprint density at radius 3 is 2.54 bits per heavy atom. The van der Waals surface area contributed by atoms with E-state index in [-0.39, 0.29) is 17.9 Å². The van der Waals surface area contributed by atoms with Crippen molar-refractivity contribution in [3.05, 3.63) is 29.8 Å². The minimum Gasteiger partial charge on any atom is -0.496 e. The van der Waals surface area contributed by atoms with Gasteiger partial charge in [-0.1, -0.05) is 25.1 Å². The second-order valence-corrected chi connectivity index (χ2v) is 7.06. The van der Waals surface area contributed by atoms with Gasteiger partial charge < -0.3 is 14.4 Å². The molecule has 1 fully saturated rings. The van der Waals surface area contributed by atoms with Gasteiger partial charge in [0.1, 0.15) is 5.75 Å². The second kappa shape index (κ2) is 9.07. The number of nitrogens with zero attached hydrogens (tertiary/aromatic N) is 1. The Morgan fingerprint density at radius 2 is 1.92 bits per heavy atom. The zero-order valence-electron chi connectivity index (χ0n) is 15.5. The van der Waals surface area contributed by atoms with Crippen molar-refractivity contribution < 1.29 is 14.3 Å². The molecule has 1 heterocycles. The number of rotatable bonds is 7. The van der Waals surface area contributed by atoms with E-state index in [1.165, 1.54) is 5.56 Å². The molecule has 0 aromatic heterocycles. The molecule has 1 saturated heterocycles. The van der Waals surface area contributed by atoms with E-state index in [2.05, 4.69) is 31.7 Å². The topological polar surface area (TPSA) is 38.8 Å². The number of methoxy groups -OCH3 is 1. The van der Waals surface area contributed by atoms with Crippen LogP contribution in [0.25, 0.3) is 0 Å². The number of carbonyl (C=O) groups excluding carboxylic acids is 1. The van der Waals surface area contributed by atoms with Gasteiger partial charge in [-0.25, -0.2) is 0 Å². The van der Waals surface area contributed by atoms with Crippen LogP contribution in [0.1, 0.15) is 45.6 Å². The van der Waals surface area contributed by atoms with Gasteiger partial charge in [-0.05, 0) is 50.7 Å². The van der Waals surface area contributed by atoms with E-state index in [1.54, 1.807) is 7.11 Å². The fourth-order valence-corrected chi connectivity index (χ4v) is 3.60. The standard InChI is InChI=1S/C20H31NO3/c1-15(2)21(18-9-11-24-12-10-18)20(22)14-16(3)13-17-7-5-6-8-19(17)23-4/h5-8,15-16,18H,9-14H2,1-4H3. The summed E-state index contributed by atoms with van der Waals surface area (Å²) in [5.41, 5.74) is 1.17. The highest BCUT2D eigenvalue weighted by atomic mass is 16.5. The Bertz CT molecular complexity index is 523. The minimum atomic E-state index is 0.235. The van der Waals surface area contributed by atoms with E-state index in [0.29, 0.717) is 12.5 Å². The smallest absolute Gasteiger partial charge is 0.223 e. The maximum atomic E-state index is 12.9. The van der Waals surface area contributed by atoms with Crippen LogP contribution in [0.4, 0.5) is 0 Å². The molecule has 0 radical (unpaired) electrons. The summed E-state index contributed by atoms with van der Waals surface area (Å²) in [6.07, 6.45) is 3.33. The van der Waals surface area contributed by atoms with Crippen molar-refractivity contribution in [2.75, 3.05) is 20.3 Å². The number of amides is 1. The highest BCUT2D eigenvalue weighted by molar-refractivity contribution is 5.77. The van der Waals surface area contributed by atoms with Crippen LogP contribution in [0, 0.1) is 5.92 Å². The van der Waals surface area contributed by atoms with Crippen LogP contribution < -0.4 is 4.74 Å². The Hall–Kier alpha value is -1.55. The van der Waals surface area contributed by atoms with Crippen molar-refractivity contribution in [2.45, 2.75) is 58.5 Å². The molecule has 4 nitrogen and oxygen atoms in total. The number of carbonyl (C=O) groups is 1. The third-order valence-electron chi connectivity index (χ3n) is 4.71. The largest absolute Gasteiger partial charge is 0.496 e. The number of ether oxygens (including phenoxy) is 2. The summed E-state index contributed by atoms with van der Waals surface area (Å²) in [5, 5.41) is 0. The highest BCUT2D eigenvalue weighted by Gasteiger charge is 2.28. The molecule has 1 aliphatic rings. The summed E-state index contributed by atoms with van der Waals surface area (Å²) >= 11 is 0. The summed E-state index contributed by atoms with van der Waals surface area (Å²) in [4.78, 5) is 15.0. The van der Waals surface area contributed by atoms with E-state index < -0.39 is 0 Å². The third kappa shape index (κ3) is 4.97. The molecule has 134 valence electrons. The Kier molecular flexibility index (Phi) is 7.10. The molecule has 1 unspecified atom stereocenters. The molecule has 0 N–H and O–H groups in total. The van der Waals surface area contributed by atoms with Gasteiger partial charge in [-0.3, -0.25) is 4.79 Å². The Labute approximate surface area is 146 Å². The Balaban J connectivity index is 1.98. The van der Waals surface area contributed by atoms with Gasteiger partial charge in [-0.15, -0.1) is 0 Å². The lowest BCUT2D eigenvalue weighted by molar-refractivity contribution is -0.138. The first-order valence-corrected chi connectivity index (χ1v) is 9.03. The van der Waals surface area contributed by atoms with Crippen molar-refractivity contribution in [1.82, 2.24) is 4.90 Å². The maximum Gasteiger partial charge on any atom is 0.223 e. The lowest BCUT2D eigenvalue weighted by Gasteiger charge is -2.38. The molecule has 1 aromatic carbocycles. The molecule has 0 spiro atoms. The number of hydrogen-bond acceptors (Lipinski definition) is 3. The van der Waals surface area contributed by atoms with Crippen molar-refractivity contribution in [3.63, 3.8) is 0 Å². The summed E-state index contributed by atoms with van der Waals surface area (Å²) in [6.45, 7) is 7.89. The van der Waals surface area contributed by atoms with Gasteiger partial charge in [-0.2, -0.15) is 0 Å². The van der Waals surface area contributed by atoms with Crippen molar-refractivity contribution in [3.8, 4) is 5.75 Å². The van der Waals surface area contributed by atoms with Gasteiger partial charge in [0.2, 0.25) is 5.91 Å². The van der Waals surface area contributed by atoms with Gasteiger partial charge in [0.15, 0.2) is 0 Å². The summed E-state index contributed by atoms with van der Waals surface area (Å²) in [5.74, 6) is 1.45. The number of para-hydroxylation sites is 1. The van der Waals surface area contributed by atoms with Crippen LogP contribution in [-0.2, 0) is 16.0 Å². The number of benzene rings is 1. The quantitative estimate of drug-likeness (QED) is 0.764. The van der Waals surface area contributed by atoms with Crippen molar-refractivity contribution in [2.24, 2.45) is 5.92 Å². The normalized spacial score (nSPS) is 16.9. The lowest BCUT2D eigenvalue weighted by atomic mass is 9.95. The van der Waals surface area contributed by atoms with Gasteiger partial charge in [0.05, 0.1) is 7.11 Å². The predicted molar refractivity (Wildman–Crippen MR) is 96.3 cm³/mol. The third-order valence-corrected chi connectivity index (χ3v) is 4.71. The van der Waals surface area contributed by atoms with Crippen LogP contribution in [0.2, 0.25) is 0 Å². The van der Waals surface area contributed by atoms with Crippen molar-refractivity contribution >= 4 is 5.91 Å². The lowest BCUT2D eigenvalue weighted by Crippen LogP contribution is -2.47. The molecule has 0 aliphatic carbocycles. The maximum absolute atomic E-state index is 12.9. The number of hydrogen-bond donors (Lipinski definition) is 0. The SMILES string of the molecule is COc1ccccc1CC(C)CC(=O)N(C(C)C)C1CCOCC1. The summed E-state index contributed by atoms with van der Waals surface area (Å²) < 4.78 is 10.9. The molecular weight excluding hydrogens is 302 g/mol. The van der Waals surface area contributed by atoms with Crippen molar-refractivity contribution in [1.29, 1.82) is 0 Å². The van der Waals surface area contributed by atoms with E-state index in [4.69, 9.17) is 9.47 Å². The van der Waals surface area contributed by atoms with Crippen LogP contribution in [-0.4, -0.2) is 43.2 Å². The minimum absolute atomic E-state index is 0.235. The fourth-order valence-electron chi connectivity index (χ4n) is 3.60. The zero-order chi connectivity index (χ0) is 17.5. The first kappa shape index (κ1) is 18.8. The van der Waals surface area contributed by atoms with Gasteiger partial charge >= 0.3 is 0 Å². The molecule has 4 heteroatoms. The average molecular weight is 333 g/mol. The zero-order valence-corrected chi connectivity index (χ0v) is 15.5. The second-order valence-electron chi connectivity index (χ2n) is 7.06. The Morgan fingerprint density at radius 1 is 1.25 bits per heavy atom. The highest BCUT2D eigenvalue weighted by Crippen LogP contribution is 2.24. The van der Waals surface area contributed by atoms with E-state index in [0.717, 1.165) is 38.2 Å². The van der Waals surface area contributed by atoms with Gasteiger partial charge in [0.25, 0.3) is 0 Å². The molecular formula is C20H31NO3. The fraction of sp³-hybridized carbons (Fsp3) is 0.650. The molecule has 0 bridgehead atoms. The molecule has 1 aliphatic heterocycles. The summed E-state index contributed by atoms with van der Waals surface area (Å²) in [7, 11) is 1.69. The van der Waals surface area contributed by atoms with Gasteiger partial charge in [0, 0.05) is 31.7 Å². The average Bonchev–Trinajstić information content (AvgIpc) is 2.56. The monoisotopic (exact) mass is 333 g/mol.